The second kappa shape index (κ2) is 6.55. The zero-order valence-corrected chi connectivity index (χ0v) is 14.8. The molecule has 3 rings (SSSR count). The molecule has 0 aliphatic rings. The second-order valence-electron chi connectivity index (χ2n) is 7.28. The van der Waals surface area contributed by atoms with Crippen molar-refractivity contribution in [3.8, 4) is 11.1 Å². The Kier molecular flexibility index (Phi) is 4.45. The van der Waals surface area contributed by atoms with Crippen LogP contribution in [0.3, 0.4) is 0 Å². The Labute approximate surface area is 147 Å². The maximum absolute atomic E-state index is 11.2. The van der Waals surface area contributed by atoms with Gasteiger partial charge >= 0.3 is 0 Å². The first-order chi connectivity index (χ1) is 11.8. The number of nitrogens with zero attached hydrogens (tertiary/aromatic N) is 2. The van der Waals surface area contributed by atoms with Crippen molar-refractivity contribution in [2.45, 2.75) is 32.7 Å². The normalized spacial score (nSPS) is 11.5. The van der Waals surface area contributed by atoms with Gasteiger partial charge in [0.05, 0.1) is 4.92 Å². The van der Waals surface area contributed by atoms with E-state index in [2.05, 4.69) is 45.0 Å². The number of hydrogen-bond acceptors (Lipinski definition) is 2. The number of nitro groups is 1. The van der Waals surface area contributed by atoms with E-state index in [1.807, 2.05) is 35.2 Å². The topological polar surface area (TPSA) is 48.1 Å². The Morgan fingerprint density at radius 2 is 1.64 bits per heavy atom. The van der Waals surface area contributed by atoms with Gasteiger partial charge in [-0.3, -0.25) is 10.1 Å². The Morgan fingerprint density at radius 1 is 1.00 bits per heavy atom. The molecule has 0 atom stereocenters. The van der Waals surface area contributed by atoms with Crippen LogP contribution in [0, 0.1) is 10.1 Å². The molecule has 0 fully saturated rings. The lowest BCUT2D eigenvalue weighted by Gasteiger charge is -2.19. The number of rotatable bonds is 4. The summed E-state index contributed by atoms with van der Waals surface area (Å²) in [6, 6.07) is 17.5. The van der Waals surface area contributed by atoms with Crippen LogP contribution < -0.4 is 0 Å². The van der Waals surface area contributed by atoms with E-state index in [-0.39, 0.29) is 16.0 Å². The molecule has 0 unspecified atom stereocenters. The molecule has 1 heterocycles. The second-order valence-corrected chi connectivity index (χ2v) is 7.28. The van der Waals surface area contributed by atoms with E-state index in [9.17, 15) is 10.1 Å². The molecular weight excluding hydrogens is 312 g/mol. The minimum Gasteiger partial charge on any atom is -0.350 e. The lowest BCUT2D eigenvalue weighted by Crippen LogP contribution is -2.10. The van der Waals surface area contributed by atoms with E-state index in [0.717, 1.165) is 16.7 Å². The SMILES string of the molecule is CC(C)(C)c1ccc(-c2ccc([N+](=O)[O-])cc2Cn2cccc2)cc1. The molecule has 0 spiro atoms. The summed E-state index contributed by atoms with van der Waals surface area (Å²) in [6.07, 6.45) is 3.93. The molecule has 3 aromatic rings. The molecule has 0 bridgehead atoms. The highest BCUT2D eigenvalue weighted by molar-refractivity contribution is 5.69. The predicted molar refractivity (Wildman–Crippen MR) is 101 cm³/mol. The zero-order valence-electron chi connectivity index (χ0n) is 14.8. The van der Waals surface area contributed by atoms with Gasteiger partial charge in [-0.2, -0.15) is 0 Å². The van der Waals surface area contributed by atoms with Crippen LogP contribution in [-0.4, -0.2) is 9.49 Å². The lowest BCUT2D eigenvalue weighted by atomic mass is 9.86. The number of benzene rings is 2. The van der Waals surface area contributed by atoms with Crippen molar-refractivity contribution in [2.75, 3.05) is 0 Å². The van der Waals surface area contributed by atoms with Gasteiger partial charge in [0.15, 0.2) is 0 Å². The zero-order chi connectivity index (χ0) is 18.0. The molecular formula is C21H22N2O2. The van der Waals surface area contributed by atoms with Gasteiger partial charge in [0.25, 0.3) is 5.69 Å². The summed E-state index contributed by atoms with van der Waals surface area (Å²) in [5.41, 5.74) is 4.53. The van der Waals surface area contributed by atoms with Crippen molar-refractivity contribution < 1.29 is 4.92 Å². The largest absolute Gasteiger partial charge is 0.350 e. The summed E-state index contributed by atoms with van der Waals surface area (Å²) in [4.78, 5) is 10.8. The van der Waals surface area contributed by atoms with Crippen molar-refractivity contribution in [1.29, 1.82) is 0 Å². The van der Waals surface area contributed by atoms with Gasteiger partial charge in [-0.25, -0.2) is 0 Å². The molecule has 0 aliphatic carbocycles. The summed E-state index contributed by atoms with van der Waals surface area (Å²) in [6.45, 7) is 7.16. The van der Waals surface area contributed by atoms with Gasteiger partial charge in [0.2, 0.25) is 0 Å². The predicted octanol–water partition coefficient (Wildman–Crippen LogP) is 5.41. The quantitative estimate of drug-likeness (QED) is 0.473. The molecule has 0 aliphatic heterocycles. The first-order valence-electron chi connectivity index (χ1n) is 8.33. The van der Waals surface area contributed by atoms with E-state index >= 15 is 0 Å². The molecule has 0 radical (unpaired) electrons. The summed E-state index contributed by atoms with van der Waals surface area (Å²) in [5.74, 6) is 0. The molecule has 4 nitrogen and oxygen atoms in total. The fourth-order valence-corrected chi connectivity index (χ4v) is 2.93. The van der Waals surface area contributed by atoms with Crippen molar-refractivity contribution >= 4 is 5.69 Å². The van der Waals surface area contributed by atoms with Crippen LogP contribution in [0.4, 0.5) is 5.69 Å². The van der Waals surface area contributed by atoms with Crippen molar-refractivity contribution in [3.05, 3.63) is 88.2 Å². The highest BCUT2D eigenvalue weighted by Crippen LogP contribution is 2.30. The fraction of sp³-hybridized carbons (Fsp3) is 0.238. The summed E-state index contributed by atoms with van der Waals surface area (Å²) >= 11 is 0. The van der Waals surface area contributed by atoms with Crippen LogP contribution in [0.15, 0.2) is 67.0 Å². The fourth-order valence-electron chi connectivity index (χ4n) is 2.93. The van der Waals surface area contributed by atoms with E-state index in [1.165, 1.54) is 5.56 Å². The highest BCUT2D eigenvalue weighted by atomic mass is 16.6. The standard InChI is InChI=1S/C21H22N2O2/c1-21(2,3)18-8-6-16(7-9-18)20-11-10-19(23(24)25)14-17(20)15-22-12-4-5-13-22/h4-14H,15H2,1-3H3. The molecule has 25 heavy (non-hydrogen) atoms. The van der Waals surface area contributed by atoms with Crippen LogP contribution >= 0.6 is 0 Å². The third-order valence-electron chi connectivity index (χ3n) is 4.38. The van der Waals surface area contributed by atoms with Crippen LogP contribution in [0.1, 0.15) is 31.9 Å². The van der Waals surface area contributed by atoms with E-state index in [1.54, 1.807) is 12.1 Å². The highest BCUT2D eigenvalue weighted by Gasteiger charge is 2.15. The van der Waals surface area contributed by atoms with E-state index in [0.29, 0.717) is 6.54 Å². The third kappa shape index (κ3) is 3.79. The summed E-state index contributed by atoms with van der Waals surface area (Å²) < 4.78 is 2.02. The van der Waals surface area contributed by atoms with Crippen LogP contribution in [0.2, 0.25) is 0 Å². The molecule has 0 N–H and O–H groups in total. The van der Waals surface area contributed by atoms with Gasteiger partial charge in [0.1, 0.15) is 0 Å². The maximum Gasteiger partial charge on any atom is 0.269 e. The van der Waals surface area contributed by atoms with Crippen molar-refractivity contribution in [2.24, 2.45) is 0 Å². The van der Waals surface area contributed by atoms with E-state index < -0.39 is 0 Å². The molecule has 4 heteroatoms. The number of non-ortho nitro benzene ring substituents is 1. The lowest BCUT2D eigenvalue weighted by molar-refractivity contribution is -0.384. The van der Waals surface area contributed by atoms with Gasteiger partial charge in [0, 0.05) is 31.1 Å². The number of hydrogen-bond donors (Lipinski definition) is 0. The Balaban J connectivity index is 2.03. The minimum atomic E-state index is -0.342. The molecule has 0 saturated carbocycles. The molecule has 0 amide bonds. The number of aromatic nitrogens is 1. The third-order valence-corrected chi connectivity index (χ3v) is 4.38. The van der Waals surface area contributed by atoms with Gasteiger partial charge < -0.3 is 4.57 Å². The van der Waals surface area contributed by atoms with E-state index in [4.69, 9.17) is 0 Å². The van der Waals surface area contributed by atoms with Gasteiger partial charge in [-0.15, -0.1) is 0 Å². The molecule has 1 aromatic heterocycles. The Bertz CT molecular complexity index is 873. The number of nitro benzene ring substituents is 1. The Morgan fingerprint density at radius 3 is 2.20 bits per heavy atom. The van der Waals surface area contributed by atoms with Crippen LogP contribution in [-0.2, 0) is 12.0 Å². The minimum absolute atomic E-state index is 0.0992. The monoisotopic (exact) mass is 334 g/mol. The molecule has 0 saturated heterocycles. The molecule has 2 aromatic carbocycles. The van der Waals surface area contributed by atoms with Crippen molar-refractivity contribution in [3.63, 3.8) is 0 Å². The van der Waals surface area contributed by atoms with Crippen molar-refractivity contribution in [1.82, 2.24) is 4.57 Å². The van der Waals surface area contributed by atoms with Crippen LogP contribution in [0.5, 0.6) is 0 Å². The van der Waals surface area contributed by atoms with Gasteiger partial charge in [-0.1, -0.05) is 45.0 Å². The Hall–Kier alpha value is -2.88. The first kappa shape index (κ1) is 17.0. The first-order valence-corrected chi connectivity index (χ1v) is 8.33. The summed E-state index contributed by atoms with van der Waals surface area (Å²) in [7, 11) is 0. The van der Waals surface area contributed by atoms with Gasteiger partial charge in [-0.05, 0) is 45.9 Å². The molecule has 128 valence electrons. The summed E-state index contributed by atoms with van der Waals surface area (Å²) in [5, 5.41) is 11.2. The maximum atomic E-state index is 11.2. The van der Waals surface area contributed by atoms with Crippen LogP contribution in [0.25, 0.3) is 11.1 Å². The average molecular weight is 334 g/mol. The smallest absolute Gasteiger partial charge is 0.269 e. The average Bonchev–Trinajstić information content (AvgIpc) is 3.07.